The van der Waals surface area contributed by atoms with Gasteiger partial charge in [0.25, 0.3) is 0 Å². The first-order valence-corrected chi connectivity index (χ1v) is 15.8. The van der Waals surface area contributed by atoms with Crippen molar-refractivity contribution in [2.75, 3.05) is 24.2 Å². The Bertz CT molecular complexity index is 1200. The summed E-state index contributed by atoms with van der Waals surface area (Å²) in [6.07, 6.45) is 7.29. The number of hydrogen-bond donors (Lipinski definition) is 1. The first kappa shape index (κ1) is 30.8. The summed E-state index contributed by atoms with van der Waals surface area (Å²) in [5.74, 6) is 0.205. The number of halogens is 1. The zero-order valence-corrected chi connectivity index (χ0v) is 24.6. The van der Waals surface area contributed by atoms with Crippen molar-refractivity contribution in [2.24, 2.45) is 0 Å². The fourth-order valence-electron chi connectivity index (χ4n) is 5.02. The zero-order valence-electron chi connectivity index (χ0n) is 23.1. The number of benzene rings is 2. The quantitative estimate of drug-likeness (QED) is 0.355. The van der Waals surface area contributed by atoms with Gasteiger partial charge in [0.1, 0.15) is 11.8 Å². The van der Waals surface area contributed by atoms with Gasteiger partial charge in [0.05, 0.1) is 19.1 Å². The fraction of sp³-hybridized carbons (Fsp3) is 0.517. The van der Waals surface area contributed by atoms with Crippen LogP contribution in [0.4, 0.5) is 5.69 Å². The van der Waals surface area contributed by atoms with E-state index in [4.69, 9.17) is 16.3 Å². The summed E-state index contributed by atoms with van der Waals surface area (Å²) in [6.45, 7) is 2.29. The van der Waals surface area contributed by atoms with Gasteiger partial charge < -0.3 is 15.0 Å². The van der Waals surface area contributed by atoms with E-state index in [-0.39, 0.29) is 37.4 Å². The highest BCUT2D eigenvalue weighted by Crippen LogP contribution is 2.24. The smallest absolute Gasteiger partial charge is 0.243 e. The molecule has 10 heteroatoms. The molecule has 1 fully saturated rings. The Morgan fingerprint density at radius 1 is 1.10 bits per heavy atom. The molecule has 2 aromatic rings. The molecule has 0 aliphatic heterocycles. The number of rotatable bonds is 13. The van der Waals surface area contributed by atoms with Gasteiger partial charge in [-0.05, 0) is 55.5 Å². The largest absolute Gasteiger partial charge is 0.497 e. The molecule has 1 aliphatic rings. The summed E-state index contributed by atoms with van der Waals surface area (Å²) >= 11 is 6.06. The van der Waals surface area contributed by atoms with Crippen LogP contribution >= 0.6 is 11.6 Å². The fourth-order valence-corrected chi connectivity index (χ4v) is 6.10. The van der Waals surface area contributed by atoms with Gasteiger partial charge in [-0.3, -0.25) is 13.9 Å². The number of methoxy groups -OCH3 is 1. The van der Waals surface area contributed by atoms with Crippen LogP contribution in [0.15, 0.2) is 48.5 Å². The Morgan fingerprint density at radius 3 is 2.41 bits per heavy atom. The van der Waals surface area contributed by atoms with E-state index >= 15 is 0 Å². The summed E-state index contributed by atoms with van der Waals surface area (Å²) in [4.78, 5) is 28.6. The highest BCUT2D eigenvalue weighted by Gasteiger charge is 2.30. The topological polar surface area (TPSA) is 96.0 Å². The molecule has 0 spiro atoms. The lowest BCUT2D eigenvalue weighted by molar-refractivity contribution is -0.141. The molecule has 0 saturated heterocycles. The number of amides is 2. The molecule has 0 unspecified atom stereocenters. The lowest BCUT2D eigenvalue weighted by Crippen LogP contribution is -2.51. The maximum Gasteiger partial charge on any atom is 0.243 e. The van der Waals surface area contributed by atoms with Crippen LogP contribution in [-0.4, -0.2) is 57.1 Å². The molecule has 2 aromatic carbocycles. The maximum atomic E-state index is 13.6. The summed E-state index contributed by atoms with van der Waals surface area (Å²) in [7, 11) is -2.07. The molecule has 1 atom stereocenters. The zero-order chi connectivity index (χ0) is 28.4. The molecule has 0 bridgehead atoms. The lowest BCUT2D eigenvalue weighted by Gasteiger charge is -2.33. The van der Waals surface area contributed by atoms with Crippen LogP contribution in [0.25, 0.3) is 0 Å². The average molecular weight is 578 g/mol. The number of carbonyl (C=O) groups is 2. The molecule has 214 valence electrons. The van der Waals surface area contributed by atoms with Gasteiger partial charge in [0, 0.05) is 36.6 Å². The third-order valence-electron chi connectivity index (χ3n) is 7.10. The van der Waals surface area contributed by atoms with Crippen molar-refractivity contribution in [1.82, 2.24) is 10.2 Å². The second-order valence-corrected chi connectivity index (χ2v) is 12.4. The lowest BCUT2D eigenvalue weighted by atomic mass is 9.95. The monoisotopic (exact) mass is 577 g/mol. The minimum Gasteiger partial charge on any atom is -0.497 e. The second-order valence-electron chi connectivity index (χ2n) is 10.1. The van der Waals surface area contributed by atoms with Crippen LogP contribution in [0.2, 0.25) is 5.02 Å². The molecular formula is C29H40ClN3O5S. The van der Waals surface area contributed by atoms with Crippen molar-refractivity contribution in [3.63, 3.8) is 0 Å². The van der Waals surface area contributed by atoms with Crippen LogP contribution in [0.1, 0.15) is 63.9 Å². The van der Waals surface area contributed by atoms with Crippen LogP contribution < -0.4 is 14.4 Å². The Hall–Kier alpha value is -2.78. The van der Waals surface area contributed by atoms with Crippen LogP contribution in [0, 0.1) is 0 Å². The minimum atomic E-state index is -3.59. The van der Waals surface area contributed by atoms with E-state index in [1.165, 1.54) is 17.8 Å². The van der Waals surface area contributed by atoms with Gasteiger partial charge in [0.15, 0.2) is 0 Å². The standard InChI is InChI=1S/C29H40ClN3O5S/c1-4-27(29(35)31-24-10-6-5-7-11-24)32(21-22-15-17-23(30)18-16-22)28(34)14-9-19-33(39(3,36)37)25-12-8-13-26(20-25)38-2/h8,12-13,15-18,20,24,27H,4-7,9-11,14,19,21H2,1-3H3,(H,31,35)/t27-/m1/s1. The molecule has 0 radical (unpaired) electrons. The van der Waals surface area contributed by atoms with Crippen molar-refractivity contribution >= 4 is 39.1 Å². The van der Waals surface area contributed by atoms with Crippen molar-refractivity contribution in [1.29, 1.82) is 0 Å². The van der Waals surface area contributed by atoms with Crippen molar-refractivity contribution in [2.45, 2.75) is 76.9 Å². The number of hydrogen-bond acceptors (Lipinski definition) is 5. The molecule has 0 aromatic heterocycles. The van der Waals surface area contributed by atoms with E-state index in [1.807, 2.05) is 19.1 Å². The molecule has 3 rings (SSSR count). The van der Waals surface area contributed by atoms with E-state index in [2.05, 4.69) is 5.32 Å². The van der Waals surface area contributed by atoms with Crippen molar-refractivity contribution in [3.05, 3.63) is 59.1 Å². The summed E-state index contributed by atoms with van der Waals surface area (Å²) in [5.41, 5.74) is 1.34. The SMILES string of the molecule is CC[C@H](C(=O)NC1CCCCC1)N(Cc1ccc(Cl)cc1)C(=O)CCCN(c1cccc(OC)c1)S(C)(=O)=O. The number of ether oxygens (including phenoxy) is 1. The molecule has 8 nitrogen and oxygen atoms in total. The Morgan fingerprint density at radius 2 is 1.79 bits per heavy atom. The van der Waals surface area contributed by atoms with Gasteiger partial charge in [-0.1, -0.05) is 56.0 Å². The van der Waals surface area contributed by atoms with Gasteiger partial charge in [-0.15, -0.1) is 0 Å². The normalized spacial score (nSPS) is 14.9. The predicted octanol–water partition coefficient (Wildman–Crippen LogP) is 5.15. The summed E-state index contributed by atoms with van der Waals surface area (Å²) in [6, 6.07) is 13.6. The number of carbonyl (C=O) groups excluding carboxylic acids is 2. The Labute approximate surface area is 237 Å². The molecule has 2 amide bonds. The second kappa shape index (κ2) is 14.6. The first-order valence-electron chi connectivity index (χ1n) is 13.6. The van der Waals surface area contributed by atoms with Gasteiger partial charge in [0.2, 0.25) is 21.8 Å². The molecule has 1 aliphatic carbocycles. The Balaban J connectivity index is 1.75. The molecule has 0 heterocycles. The number of sulfonamides is 1. The predicted molar refractivity (Wildman–Crippen MR) is 156 cm³/mol. The van der Waals surface area contributed by atoms with E-state index < -0.39 is 16.1 Å². The van der Waals surface area contributed by atoms with Crippen molar-refractivity contribution in [3.8, 4) is 5.75 Å². The van der Waals surface area contributed by atoms with Crippen LogP contribution in [0.5, 0.6) is 5.75 Å². The van der Waals surface area contributed by atoms with Crippen molar-refractivity contribution < 1.29 is 22.7 Å². The highest BCUT2D eigenvalue weighted by atomic mass is 35.5. The van der Waals surface area contributed by atoms with Crippen LogP contribution in [-0.2, 0) is 26.2 Å². The Kier molecular flexibility index (Phi) is 11.5. The molecule has 1 N–H and O–H groups in total. The van der Waals surface area contributed by atoms with E-state index in [9.17, 15) is 18.0 Å². The maximum absolute atomic E-state index is 13.6. The highest BCUT2D eigenvalue weighted by molar-refractivity contribution is 7.92. The van der Waals surface area contributed by atoms with Crippen LogP contribution in [0.3, 0.4) is 0 Å². The number of anilines is 1. The average Bonchev–Trinajstić information content (AvgIpc) is 2.91. The molecule has 1 saturated carbocycles. The molecular weight excluding hydrogens is 538 g/mol. The number of nitrogens with one attached hydrogen (secondary N) is 1. The summed E-state index contributed by atoms with van der Waals surface area (Å²) in [5, 5.41) is 3.77. The first-order chi connectivity index (χ1) is 18.6. The third kappa shape index (κ3) is 9.14. The minimum absolute atomic E-state index is 0.0940. The van der Waals surface area contributed by atoms with E-state index in [0.29, 0.717) is 29.3 Å². The summed E-state index contributed by atoms with van der Waals surface area (Å²) < 4.78 is 31.7. The molecule has 39 heavy (non-hydrogen) atoms. The van der Waals surface area contributed by atoms with Gasteiger partial charge in [-0.2, -0.15) is 0 Å². The third-order valence-corrected chi connectivity index (χ3v) is 8.54. The van der Waals surface area contributed by atoms with Gasteiger partial charge in [-0.25, -0.2) is 8.42 Å². The van der Waals surface area contributed by atoms with E-state index in [1.54, 1.807) is 41.3 Å². The van der Waals surface area contributed by atoms with E-state index in [0.717, 1.165) is 37.5 Å². The number of nitrogens with zero attached hydrogens (tertiary/aromatic N) is 2. The van der Waals surface area contributed by atoms with Gasteiger partial charge >= 0.3 is 0 Å².